The topological polar surface area (TPSA) is 69.8 Å². The lowest BCUT2D eigenvalue weighted by Crippen LogP contribution is -2.18. The molecule has 0 unspecified atom stereocenters. The Balaban J connectivity index is 1.46. The van der Waals surface area contributed by atoms with Crippen molar-refractivity contribution in [2.24, 2.45) is 0 Å². The molecule has 4 aromatic rings. The van der Waals surface area contributed by atoms with Gasteiger partial charge in [-0.05, 0) is 18.1 Å². The van der Waals surface area contributed by atoms with Gasteiger partial charge in [-0.15, -0.1) is 11.3 Å². The molecular weight excluding hydrogens is 348 g/mol. The SMILES string of the molecule is N#CB1CCC(c2cn3cc(-c4cc(F)c5[nH]ncc5c4)nc3s2)CC1. The van der Waals surface area contributed by atoms with Crippen LogP contribution in [0.5, 0.6) is 0 Å². The molecule has 128 valence electrons. The molecule has 3 aromatic heterocycles. The third-order valence-electron chi connectivity index (χ3n) is 5.28. The van der Waals surface area contributed by atoms with E-state index in [2.05, 4.69) is 22.4 Å². The smallest absolute Gasteiger partial charge is 0.267 e. The molecule has 4 heterocycles. The van der Waals surface area contributed by atoms with Gasteiger partial charge in [0.1, 0.15) is 11.3 Å². The molecule has 26 heavy (non-hydrogen) atoms. The van der Waals surface area contributed by atoms with Gasteiger partial charge < -0.3 is 0 Å². The lowest BCUT2D eigenvalue weighted by molar-refractivity contribution is 0.619. The molecule has 5 nitrogen and oxygen atoms in total. The number of nitrogens with one attached hydrogen (secondary N) is 1. The van der Waals surface area contributed by atoms with E-state index in [9.17, 15) is 4.39 Å². The molecule has 0 atom stereocenters. The van der Waals surface area contributed by atoms with Crippen LogP contribution in [-0.4, -0.2) is 26.3 Å². The number of nitriles is 1. The lowest BCUT2D eigenvalue weighted by atomic mass is 9.42. The molecule has 1 fully saturated rings. The molecule has 1 N–H and O–H groups in total. The summed E-state index contributed by atoms with van der Waals surface area (Å²) in [7, 11) is 0. The van der Waals surface area contributed by atoms with Crippen molar-refractivity contribution in [3.05, 3.63) is 41.4 Å². The summed E-state index contributed by atoms with van der Waals surface area (Å²) in [5, 5.41) is 16.4. The van der Waals surface area contributed by atoms with E-state index in [1.807, 2.05) is 16.7 Å². The van der Waals surface area contributed by atoms with Gasteiger partial charge >= 0.3 is 0 Å². The summed E-state index contributed by atoms with van der Waals surface area (Å²) in [5.74, 6) is 2.59. The van der Waals surface area contributed by atoms with Crippen molar-refractivity contribution in [3.8, 4) is 17.2 Å². The molecule has 1 aliphatic rings. The van der Waals surface area contributed by atoms with Crippen LogP contribution in [0.15, 0.2) is 30.7 Å². The number of nitrogens with zero attached hydrogens (tertiary/aromatic N) is 4. The van der Waals surface area contributed by atoms with Gasteiger partial charge in [0.15, 0.2) is 4.96 Å². The van der Waals surface area contributed by atoms with Crippen LogP contribution in [-0.2, 0) is 0 Å². The van der Waals surface area contributed by atoms with Crippen molar-refractivity contribution in [2.45, 2.75) is 31.4 Å². The second-order valence-electron chi connectivity index (χ2n) is 6.92. The zero-order valence-electron chi connectivity index (χ0n) is 13.9. The summed E-state index contributed by atoms with van der Waals surface area (Å²) < 4.78 is 16.2. The van der Waals surface area contributed by atoms with Gasteiger partial charge in [0.2, 0.25) is 0 Å². The first kappa shape index (κ1) is 15.6. The summed E-state index contributed by atoms with van der Waals surface area (Å²) in [6.07, 6.45) is 9.81. The number of halogens is 1. The number of rotatable bonds is 2. The Kier molecular flexibility index (Phi) is 3.57. The van der Waals surface area contributed by atoms with Crippen molar-refractivity contribution >= 4 is 33.9 Å². The molecular formula is C18H15BFN5S. The normalized spacial score (nSPS) is 15.8. The Morgan fingerprint density at radius 1 is 1.31 bits per heavy atom. The van der Waals surface area contributed by atoms with E-state index in [4.69, 9.17) is 10.2 Å². The molecule has 0 bridgehead atoms. The van der Waals surface area contributed by atoms with Crippen LogP contribution in [0.1, 0.15) is 23.6 Å². The van der Waals surface area contributed by atoms with Crippen molar-refractivity contribution < 1.29 is 4.39 Å². The number of benzene rings is 1. The quantitative estimate of drug-likeness (QED) is 0.533. The Labute approximate surface area is 153 Å². The minimum absolute atomic E-state index is 0.217. The molecule has 0 amide bonds. The number of hydrogen-bond acceptors (Lipinski definition) is 4. The highest BCUT2D eigenvalue weighted by molar-refractivity contribution is 7.17. The predicted octanol–water partition coefficient (Wildman–Crippen LogP) is 4.51. The second kappa shape index (κ2) is 5.96. The molecule has 0 aliphatic carbocycles. The Hall–Kier alpha value is -2.66. The van der Waals surface area contributed by atoms with Crippen LogP contribution in [0.3, 0.4) is 0 Å². The van der Waals surface area contributed by atoms with Crippen molar-refractivity contribution in [2.75, 3.05) is 0 Å². The summed E-state index contributed by atoms with van der Waals surface area (Å²) in [4.78, 5) is 6.94. The number of thiazole rings is 1. The average molecular weight is 363 g/mol. The van der Waals surface area contributed by atoms with Crippen LogP contribution in [0, 0.1) is 17.0 Å². The van der Waals surface area contributed by atoms with E-state index in [1.165, 1.54) is 10.9 Å². The standard InChI is InChI=1S/C18H15BFN5S/c20-14-6-12(5-13-7-22-24-17(13)14)15-8-25-9-16(26-18(25)23-15)11-1-3-19(10-21)4-2-11/h5-9,11H,1-4H2,(H,22,24). The zero-order chi connectivity index (χ0) is 17.7. The highest BCUT2D eigenvalue weighted by Gasteiger charge is 2.26. The summed E-state index contributed by atoms with van der Waals surface area (Å²) in [6, 6.07) is 3.40. The number of imidazole rings is 1. The van der Waals surface area contributed by atoms with Gasteiger partial charge in [0.25, 0.3) is 6.71 Å². The lowest BCUT2D eigenvalue weighted by Gasteiger charge is -2.21. The van der Waals surface area contributed by atoms with Gasteiger partial charge in [0.05, 0.1) is 11.9 Å². The number of H-pyrrole nitrogens is 1. The van der Waals surface area contributed by atoms with Gasteiger partial charge in [-0.1, -0.05) is 25.5 Å². The first-order chi connectivity index (χ1) is 12.7. The first-order valence-electron chi connectivity index (χ1n) is 8.72. The molecule has 5 rings (SSSR count). The number of aromatic amines is 1. The molecule has 1 aromatic carbocycles. The second-order valence-corrected chi connectivity index (χ2v) is 7.96. The number of aromatic nitrogens is 4. The van der Waals surface area contributed by atoms with E-state index >= 15 is 0 Å². The van der Waals surface area contributed by atoms with Crippen LogP contribution in [0.25, 0.3) is 27.1 Å². The fourth-order valence-corrected chi connectivity index (χ4v) is 4.94. The van der Waals surface area contributed by atoms with Crippen LogP contribution in [0.4, 0.5) is 4.39 Å². The highest BCUT2D eigenvalue weighted by Crippen LogP contribution is 2.37. The van der Waals surface area contributed by atoms with Gasteiger partial charge in [-0.2, -0.15) is 5.10 Å². The third-order valence-corrected chi connectivity index (χ3v) is 6.44. The van der Waals surface area contributed by atoms with Gasteiger partial charge in [0, 0.05) is 34.2 Å². The Bertz CT molecular complexity index is 1110. The van der Waals surface area contributed by atoms with E-state index < -0.39 is 0 Å². The third kappa shape index (κ3) is 2.51. The maximum Gasteiger partial charge on any atom is 0.267 e. The minimum Gasteiger partial charge on any atom is -0.297 e. The van der Waals surface area contributed by atoms with E-state index in [-0.39, 0.29) is 12.5 Å². The molecule has 0 radical (unpaired) electrons. The van der Waals surface area contributed by atoms with Gasteiger partial charge in [-0.3, -0.25) is 9.50 Å². The van der Waals surface area contributed by atoms with E-state index in [1.54, 1.807) is 17.5 Å². The van der Waals surface area contributed by atoms with Crippen molar-refractivity contribution in [1.82, 2.24) is 19.6 Å². The largest absolute Gasteiger partial charge is 0.297 e. The average Bonchev–Trinajstić information content (AvgIpc) is 3.36. The monoisotopic (exact) mass is 363 g/mol. The maximum atomic E-state index is 14.2. The first-order valence-corrected chi connectivity index (χ1v) is 9.54. The zero-order valence-corrected chi connectivity index (χ0v) is 14.8. The van der Waals surface area contributed by atoms with Crippen molar-refractivity contribution in [3.63, 3.8) is 0 Å². The summed E-state index contributed by atoms with van der Waals surface area (Å²) in [6.45, 7) is 0.217. The van der Waals surface area contributed by atoms with Crippen LogP contribution in [0.2, 0.25) is 12.6 Å². The fourth-order valence-electron chi connectivity index (χ4n) is 3.81. The molecule has 0 saturated carbocycles. The molecule has 1 saturated heterocycles. The van der Waals surface area contributed by atoms with Crippen LogP contribution < -0.4 is 0 Å². The number of hydrogen-bond donors (Lipinski definition) is 1. The summed E-state index contributed by atoms with van der Waals surface area (Å²) >= 11 is 1.69. The predicted molar refractivity (Wildman–Crippen MR) is 101 cm³/mol. The van der Waals surface area contributed by atoms with Crippen molar-refractivity contribution in [1.29, 1.82) is 5.26 Å². The molecule has 8 heteroatoms. The number of fused-ring (bicyclic) bond motifs is 2. The fraction of sp³-hybridized carbons (Fsp3) is 0.278. The van der Waals surface area contributed by atoms with Gasteiger partial charge in [-0.25, -0.2) is 14.6 Å². The van der Waals surface area contributed by atoms with E-state index in [0.717, 1.165) is 47.1 Å². The Morgan fingerprint density at radius 3 is 2.92 bits per heavy atom. The van der Waals surface area contributed by atoms with Crippen LogP contribution >= 0.6 is 11.3 Å². The highest BCUT2D eigenvalue weighted by atomic mass is 32.1. The minimum atomic E-state index is -0.318. The summed E-state index contributed by atoms with van der Waals surface area (Å²) in [5.41, 5.74) is 1.94. The van der Waals surface area contributed by atoms with E-state index in [0.29, 0.717) is 11.4 Å². The molecule has 0 spiro atoms. The molecule has 1 aliphatic heterocycles. The maximum absolute atomic E-state index is 14.2. The Morgan fingerprint density at radius 2 is 2.15 bits per heavy atom.